The number of unbranched alkanes of at least 4 members (excludes halogenated alkanes) is 3. The second-order valence-corrected chi connectivity index (χ2v) is 18.5. The largest absolute Gasteiger partial charge is 0.454 e. The Labute approximate surface area is 311 Å². The fraction of sp³-hybridized carbons (Fsp3) is 0.686. The maximum Gasteiger partial charge on any atom is 0.331 e. The molecule has 0 amide bonds. The SMILES string of the molecule is CCCCC/C=C/C=C/C=C/C(=O)OC1C(SI)C2(O)C(C3OC3(CO)C(O)C3(O)C(=O)C(C)=CC32)C2C(C)(I)C12OC(=O)C(C)CC. The van der Waals surface area contributed by atoms with Gasteiger partial charge in [-0.3, -0.25) is 9.59 Å². The molecule has 13 heteroatoms. The Balaban J connectivity index is 1.58. The first-order valence-electron chi connectivity index (χ1n) is 16.7. The van der Waals surface area contributed by atoms with E-state index >= 15 is 0 Å². The molecule has 0 aromatic rings. The number of carbonyl (C=O) groups excluding carboxylic acids is 3. The molecule has 3 saturated carbocycles. The lowest BCUT2D eigenvalue weighted by molar-refractivity contribution is -0.219. The summed E-state index contributed by atoms with van der Waals surface area (Å²) in [5, 5.41) is 46.5. The van der Waals surface area contributed by atoms with Gasteiger partial charge in [0.15, 0.2) is 23.1 Å². The van der Waals surface area contributed by atoms with Crippen LogP contribution in [0.2, 0.25) is 0 Å². The molecule has 0 aromatic heterocycles. The Kier molecular flexibility index (Phi) is 11.2. The Hall–Kier alpha value is -0.820. The van der Waals surface area contributed by atoms with Crippen molar-refractivity contribution in [3.8, 4) is 0 Å². The Morgan fingerprint density at radius 3 is 2.48 bits per heavy atom. The molecule has 4 aliphatic carbocycles. The molecule has 1 heterocycles. The van der Waals surface area contributed by atoms with Gasteiger partial charge in [0.05, 0.1) is 32.9 Å². The average molecular weight is 913 g/mol. The van der Waals surface area contributed by atoms with Gasteiger partial charge in [0, 0.05) is 23.8 Å². The van der Waals surface area contributed by atoms with Gasteiger partial charge in [-0.15, -0.1) is 0 Å². The highest BCUT2D eigenvalue weighted by atomic mass is 127. The first-order chi connectivity index (χ1) is 22.6. The lowest BCUT2D eigenvalue weighted by Crippen LogP contribution is -2.71. The minimum Gasteiger partial charge on any atom is -0.454 e. The fourth-order valence-electron chi connectivity index (χ4n) is 8.51. The van der Waals surface area contributed by atoms with Gasteiger partial charge >= 0.3 is 11.9 Å². The monoisotopic (exact) mass is 912 g/mol. The summed E-state index contributed by atoms with van der Waals surface area (Å²) in [6, 6.07) is 0. The number of hydrogen-bond donors (Lipinski definition) is 4. The quantitative estimate of drug-likeness (QED) is 0.0392. The topological polar surface area (TPSA) is 163 Å². The van der Waals surface area contributed by atoms with Crippen LogP contribution < -0.4 is 0 Å². The molecule has 266 valence electrons. The van der Waals surface area contributed by atoms with Gasteiger partial charge in [-0.25, -0.2) is 4.79 Å². The summed E-state index contributed by atoms with van der Waals surface area (Å²) in [4.78, 5) is 40.7. The molecule has 48 heavy (non-hydrogen) atoms. The molecule has 5 aliphatic rings. The van der Waals surface area contributed by atoms with E-state index in [1.807, 2.05) is 47.2 Å². The molecule has 10 nitrogen and oxygen atoms in total. The number of aliphatic hydroxyl groups is 4. The number of Topliss-reactive ketones (excluding diaryl/α,β-unsaturated/α-hetero) is 1. The first-order valence-corrected chi connectivity index (χ1v) is 21.2. The number of rotatable bonds is 13. The van der Waals surface area contributed by atoms with E-state index in [9.17, 15) is 34.8 Å². The molecule has 5 rings (SSSR count). The third-order valence-electron chi connectivity index (χ3n) is 11.4. The standard InChI is InChI=1S/C35H46I2O10S/c1-6-8-9-10-11-12-13-14-15-16-22(39)45-27-28(48-37)33(43)21-17-20(4)25(40)34(21,44)30(42)32(18-38)26(46-32)23(33)24-31(5,36)35(24,27)47-29(41)19(3)7-2/h11-17,19,21,23-24,26-28,30,38,42-44H,6-10,18H2,1-5H3/b12-11+,14-13+,16-15+. The lowest BCUT2D eigenvalue weighted by atomic mass is 9.62. The van der Waals surface area contributed by atoms with Crippen molar-refractivity contribution >= 4 is 70.5 Å². The van der Waals surface area contributed by atoms with Crippen molar-refractivity contribution in [2.45, 2.75) is 116 Å². The number of allylic oxidation sites excluding steroid dienone is 5. The van der Waals surface area contributed by atoms with E-state index in [1.54, 1.807) is 19.1 Å². The predicted molar refractivity (Wildman–Crippen MR) is 197 cm³/mol. The predicted octanol–water partition coefficient (Wildman–Crippen LogP) is 4.49. The van der Waals surface area contributed by atoms with E-state index in [4.69, 9.17) is 14.2 Å². The maximum atomic E-state index is 13.6. The van der Waals surface area contributed by atoms with Crippen molar-refractivity contribution < 1.29 is 49.0 Å². The van der Waals surface area contributed by atoms with Crippen LogP contribution in [0.4, 0.5) is 0 Å². The number of alkyl halides is 1. The summed E-state index contributed by atoms with van der Waals surface area (Å²) >= 11 is 4.17. The van der Waals surface area contributed by atoms with Crippen molar-refractivity contribution in [1.29, 1.82) is 0 Å². The van der Waals surface area contributed by atoms with Crippen LogP contribution >= 0.6 is 52.7 Å². The molecule has 13 atom stereocenters. The van der Waals surface area contributed by atoms with Crippen LogP contribution in [0.25, 0.3) is 0 Å². The number of carbonyl (C=O) groups is 3. The third-order valence-corrected chi connectivity index (χ3v) is 15.4. The van der Waals surface area contributed by atoms with Gasteiger partial charge in [-0.2, -0.15) is 0 Å². The number of aliphatic hydroxyl groups excluding tert-OH is 2. The highest BCUT2D eigenvalue weighted by Crippen LogP contribution is 2.79. The van der Waals surface area contributed by atoms with Crippen molar-refractivity contribution in [2.24, 2.45) is 23.7 Å². The highest BCUT2D eigenvalue weighted by molar-refractivity contribution is 14.2. The van der Waals surface area contributed by atoms with E-state index in [-0.39, 0.29) is 5.57 Å². The minimum absolute atomic E-state index is 0.147. The molecular formula is C35H46I2O10S. The fourth-order valence-corrected chi connectivity index (χ4v) is 12.8. The first kappa shape index (κ1) is 38.4. The Morgan fingerprint density at radius 1 is 1.17 bits per heavy atom. The van der Waals surface area contributed by atoms with Gasteiger partial charge in [0.2, 0.25) is 0 Å². The van der Waals surface area contributed by atoms with E-state index < -0.39 is 97.4 Å². The van der Waals surface area contributed by atoms with Crippen LogP contribution in [-0.2, 0) is 28.6 Å². The van der Waals surface area contributed by atoms with Crippen molar-refractivity contribution in [1.82, 2.24) is 0 Å². The molecule has 0 spiro atoms. The van der Waals surface area contributed by atoms with E-state index in [0.717, 1.165) is 28.2 Å². The van der Waals surface area contributed by atoms with Crippen LogP contribution in [0.3, 0.4) is 0 Å². The normalized spacial score (nSPS) is 44.9. The summed E-state index contributed by atoms with van der Waals surface area (Å²) in [5.41, 5.74) is -7.57. The summed E-state index contributed by atoms with van der Waals surface area (Å²) < 4.78 is 17.7. The van der Waals surface area contributed by atoms with Crippen LogP contribution in [0, 0.1) is 23.7 Å². The summed E-state index contributed by atoms with van der Waals surface area (Å²) in [6.07, 6.45) is 12.6. The van der Waals surface area contributed by atoms with Crippen LogP contribution in [-0.4, -0.2) is 94.1 Å². The number of hydrogen-bond acceptors (Lipinski definition) is 11. The van der Waals surface area contributed by atoms with Gasteiger partial charge in [0.1, 0.15) is 11.7 Å². The van der Waals surface area contributed by atoms with E-state index in [1.165, 1.54) is 25.5 Å². The molecule has 0 bridgehead atoms. The molecule has 1 saturated heterocycles. The van der Waals surface area contributed by atoms with Gasteiger partial charge in [-0.05, 0) is 59.9 Å². The van der Waals surface area contributed by atoms with Gasteiger partial charge in [0.25, 0.3) is 0 Å². The second kappa shape index (κ2) is 14.0. The van der Waals surface area contributed by atoms with Crippen molar-refractivity contribution in [3.63, 3.8) is 0 Å². The van der Waals surface area contributed by atoms with Crippen molar-refractivity contribution in [2.75, 3.05) is 6.61 Å². The number of ether oxygens (including phenoxy) is 3. The van der Waals surface area contributed by atoms with Gasteiger partial charge < -0.3 is 34.6 Å². The van der Waals surface area contributed by atoms with Gasteiger partial charge in [-0.1, -0.05) is 102 Å². The summed E-state index contributed by atoms with van der Waals surface area (Å²) in [6.45, 7) is 8.40. The molecule has 0 radical (unpaired) electrons. The number of fused-ring (bicyclic) bond motifs is 7. The Bertz CT molecular complexity index is 1430. The molecule has 13 unspecified atom stereocenters. The number of halogens is 2. The smallest absolute Gasteiger partial charge is 0.331 e. The van der Waals surface area contributed by atoms with Crippen LogP contribution in [0.1, 0.15) is 66.7 Å². The average Bonchev–Trinajstić information content (AvgIpc) is 3.88. The molecular weight excluding hydrogens is 866 g/mol. The zero-order chi connectivity index (χ0) is 35.4. The minimum atomic E-state index is -2.52. The molecule has 4 fully saturated rings. The molecule has 4 N–H and O–H groups in total. The van der Waals surface area contributed by atoms with Crippen LogP contribution in [0.5, 0.6) is 0 Å². The summed E-state index contributed by atoms with van der Waals surface area (Å²) in [5.74, 6) is -5.45. The van der Waals surface area contributed by atoms with E-state index in [0.29, 0.717) is 6.42 Å². The maximum absolute atomic E-state index is 13.6. The van der Waals surface area contributed by atoms with Crippen molar-refractivity contribution in [3.05, 3.63) is 48.1 Å². The molecule has 0 aromatic carbocycles. The van der Waals surface area contributed by atoms with E-state index in [2.05, 4.69) is 35.6 Å². The highest BCUT2D eigenvalue weighted by Gasteiger charge is 2.94. The zero-order valence-electron chi connectivity index (χ0n) is 27.8. The Morgan fingerprint density at radius 2 is 1.85 bits per heavy atom. The number of esters is 2. The molecule has 1 aliphatic heterocycles. The second-order valence-electron chi connectivity index (χ2n) is 14.1. The zero-order valence-corrected chi connectivity index (χ0v) is 32.9. The summed E-state index contributed by atoms with van der Waals surface area (Å²) in [7, 11) is 1.13. The third kappa shape index (κ3) is 5.54. The lowest BCUT2D eigenvalue weighted by Gasteiger charge is -2.53. The van der Waals surface area contributed by atoms with Crippen LogP contribution in [0.15, 0.2) is 48.1 Å². The number of ketones is 1. The number of epoxide rings is 1.